The van der Waals surface area contributed by atoms with E-state index in [1.165, 1.54) is 4.90 Å². The molecule has 6 heteroatoms. The molecule has 4 unspecified atom stereocenters. The molecule has 6 nitrogen and oxygen atoms in total. The van der Waals surface area contributed by atoms with Crippen LogP contribution < -0.4 is 0 Å². The number of aliphatic carboxylic acids is 1. The normalized spacial score (nSPS) is 39.4. The Balaban J connectivity index is 1.88. The van der Waals surface area contributed by atoms with Crippen molar-refractivity contribution in [3.63, 3.8) is 0 Å². The average Bonchev–Trinajstić information content (AvgIpc) is 2.95. The molecule has 18 heavy (non-hydrogen) atoms. The first-order chi connectivity index (χ1) is 8.59. The van der Waals surface area contributed by atoms with E-state index in [4.69, 9.17) is 9.84 Å². The zero-order valence-corrected chi connectivity index (χ0v) is 9.87. The van der Waals surface area contributed by atoms with Gasteiger partial charge in [-0.1, -0.05) is 6.42 Å². The molecule has 2 heterocycles. The Morgan fingerprint density at radius 3 is 2.28 bits per heavy atom. The maximum atomic E-state index is 12.1. The highest BCUT2D eigenvalue weighted by Gasteiger charge is 2.52. The van der Waals surface area contributed by atoms with Gasteiger partial charge in [-0.25, -0.2) is 0 Å². The molecule has 0 aromatic carbocycles. The molecule has 1 aliphatic carbocycles. The highest BCUT2D eigenvalue weighted by Crippen LogP contribution is 2.36. The van der Waals surface area contributed by atoms with Crippen LogP contribution in [-0.4, -0.2) is 46.0 Å². The van der Waals surface area contributed by atoms with Crippen molar-refractivity contribution < 1.29 is 24.2 Å². The first kappa shape index (κ1) is 11.6. The van der Waals surface area contributed by atoms with E-state index < -0.39 is 30.1 Å². The highest BCUT2D eigenvalue weighted by molar-refractivity contribution is 6.03. The maximum absolute atomic E-state index is 12.1. The third-order valence-corrected chi connectivity index (χ3v) is 4.17. The van der Waals surface area contributed by atoms with E-state index in [0.29, 0.717) is 25.7 Å². The molecule has 1 saturated carbocycles. The van der Waals surface area contributed by atoms with Crippen molar-refractivity contribution in [1.29, 1.82) is 0 Å². The highest BCUT2D eigenvalue weighted by atomic mass is 16.5. The minimum Gasteiger partial charge on any atom is -0.481 e. The van der Waals surface area contributed by atoms with Crippen molar-refractivity contribution in [3.05, 3.63) is 0 Å². The van der Waals surface area contributed by atoms with E-state index in [9.17, 15) is 14.4 Å². The molecular formula is C12H15NO5. The Bertz CT molecular complexity index is 399. The predicted molar refractivity (Wildman–Crippen MR) is 58.5 cm³/mol. The number of ether oxygens (including phenoxy) is 1. The summed E-state index contributed by atoms with van der Waals surface area (Å²) >= 11 is 0. The number of carboxylic acids is 1. The molecule has 2 aliphatic heterocycles. The Labute approximate surface area is 104 Å². The van der Waals surface area contributed by atoms with Crippen LogP contribution in [0.2, 0.25) is 0 Å². The number of nitrogens with zero attached hydrogens (tertiary/aromatic N) is 1. The second kappa shape index (κ2) is 4.05. The number of amides is 2. The number of fused-ring (bicyclic) bond motifs is 2. The number of carbonyl (C=O) groups excluding carboxylic acids is 2. The van der Waals surface area contributed by atoms with Crippen molar-refractivity contribution >= 4 is 17.8 Å². The number of hydrogen-bond donors (Lipinski definition) is 1. The van der Waals surface area contributed by atoms with Gasteiger partial charge in [0.2, 0.25) is 0 Å². The van der Waals surface area contributed by atoms with Crippen LogP contribution in [0.5, 0.6) is 0 Å². The lowest BCUT2D eigenvalue weighted by atomic mass is 10.0. The molecule has 3 aliphatic rings. The maximum Gasteiger partial charge on any atom is 0.308 e. The molecule has 1 N–H and O–H groups in total. The van der Waals surface area contributed by atoms with Crippen molar-refractivity contribution in [2.24, 2.45) is 5.92 Å². The van der Waals surface area contributed by atoms with Gasteiger partial charge in [0, 0.05) is 0 Å². The summed E-state index contributed by atoms with van der Waals surface area (Å²) in [6, 6.07) is -0.477. The minimum absolute atomic E-state index is 0.341. The van der Waals surface area contributed by atoms with Gasteiger partial charge in [-0.2, -0.15) is 0 Å². The molecule has 0 aromatic heterocycles. The fourth-order valence-corrected chi connectivity index (χ4v) is 3.28. The largest absolute Gasteiger partial charge is 0.481 e. The van der Waals surface area contributed by atoms with Crippen LogP contribution in [0.25, 0.3) is 0 Å². The monoisotopic (exact) mass is 253 g/mol. The number of hydrogen-bond acceptors (Lipinski definition) is 4. The van der Waals surface area contributed by atoms with Gasteiger partial charge in [0.15, 0.2) is 0 Å². The van der Waals surface area contributed by atoms with Crippen molar-refractivity contribution in [1.82, 2.24) is 4.90 Å². The Morgan fingerprint density at radius 1 is 1.11 bits per heavy atom. The van der Waals surface area contributed by atoms with Gasteiger partial charge >= 0.3 is 5.97 Å². The fourth-order valence-electron chi connectivity index (χ4n) is 3.28. The summed E-state index contributed by atoms with van der Waals surface area (Å²) in [4.78, 5) is 36.6. The van der Waals surface area contributed by atoms with Gasteiger partial charge in [-0.3, -0.25) is 19.3 Å². The third-order valence-electron chi connectivity index (χ3n) is 4.17. The lowest BCUT2D eigenvalue weighted by molar-refractivity contribution is -0.173. The minimum atomic E-state index is -0.920. The lowest BCUT2D eigenvalue weighted by Crippen LogP contribution is -2.57. The van der Waals surface area contributed by atoms with Gasteiger partial charge in [0.1, 0.15) is 12.2 Å². The molecule has 2 amide bonds. The van der Waals surface area contributed by atoms with Crippen LogP contribution in [-0.2, 0) is 19.1 Å². The predicted octanol–water partition coefficient (Wildman–Crippen LogP) is 0.156. The fraction of sp³-hybridized carbons (Fsp3) is 0.750. The molecule has 2 bridgehead atoms. The third kappa shape index (κ3) is 1.55. The van der Waals surface area contributed by atoms with Crippen LogP contribution >= 0.6 is 0 Å². The van der Waals surface area contributed by atoms with E-state index in [1.807, 2.05) is 0 Å². The summed E-state index contributed by atoms with van der Waals surface area (Å²) in [7, 11) is 0. The summed E-state index contributed by atoms with van der Waals surface area (Å²) in [5, 5.41) is 9.15. The first-order valence-corrected chi connectivity index (χ1v) is 6.35. The van der Waals surface area contributed by atoms with Gasteiger partial charge < -0.3 is 9.84 Å². The number of morpholine rings is 1. The summed E-state index contributed by atoms with van der Waals surface area (Å²) in [6.07, 6.45) is 1.92. The van der Waals surface area contributed by atoms with E-state index in [1.54, 1.807) is 0 Å². The summed E-state index contributed by atoms with van der Waals surface area (Å²) < 4.78 is 5.32. The number of likely N-dealkylation sites (tertiary alicyclic amines) is 1. The van der Waals surface area contributed by atoms with Crippen LogP contribution in [0.1, 0.15) is 32.1 Å². The summed E-state index contributed by atoms with van der Waals surface area (Å²) in [5.41, 5.74) is 0. The van der Waals surface area contributed by atoms with Gasteiger partial charge in [0.25, 0.3) is 11.8 Å². The van der Waals surface area contributed by atoms with Crippen LogP contribution in [0.3, 0.4) is 0 Å². The van der Waals surface area contributed by atoms with Crippen molar-refractivity contribution in [2.75, 3.05) is 0 Å². The van der Waals surface area contributed by atoms with E-state index in [-0.39, 0.29) is 11.8 Å². The molecule has 3 rings (SSSR count). The number of carboxylic acid groups (broad SMARTS) is 1. The zero-order valence-electron chi connectivity index (χ0n) is 9.87. The van der Waals surface area contributed by atoms with E-state index in [0.717, 1.165) is 6.42 Å². The van der Waals surface area contributed by atoms with Crippen molar-refractivity contribution in [3.8, 4) is 0 Å². The van der Waals surface area contributed by atoms with Crippen molar-refractivity contribution in [2.45, 2.75) is 50.4 Å². The van der Waals surface area contributed by atoms with Crippen LogP contribution in [0.15, 0.2) is 0 Å². The Kier molecular flexibility index (Phi) is 2.62. The number of carbonyl (C=O) groups is 3. The SMILES string of the molecule is O=C(O)C1CCCC1N1C(=O)C2CCC(O2)C1=O. The van der Waals surface area contributed by atoms with Gasteiger partial charge in [-0.05, 0) is 25.7 Å². The molecule has 0 spiro atoms. The molecule has 3 fully saturated rings. The molecule has 0 aromatic rings. The van der Waals surface area contributed by atoms with E-state index in [2.05, 4.69) is 0 Å². The quantitative estimate of drug-likeness (QED) is 0.708. The first-order valence-electron chi connectivity index (χ1n) is 6.35. The summed E-state index contributed by atoms with van der Waals surface area (Å²) in [6.45, 7) is 0. The molecule has 2 saturated heterocycles. The topological polar surface area (TPSA) is 83.9 Å². The van der Waals surface area contributed by atoms with Crippen LogP contribution in [0.4, 0.5) is 0 Å². The Hall–Kier alpha value is -1.43. The van der Waals surface area contributed by atoms with E-state index >= 15 is 0 Å². The van der Waals surface area contributed by atoms with Crippen LogP contribution in [0, 0.1) is 5.92 Å². The molecular weight excluding hydrogens is 238 g/mol. The lowest BCUT2D eigenvalue weighted by Gasteiger charge is -2.35. The summed E-state index contributed by atoms with van der Waals surface area (Å²) in [5.74, 6) is -2.22. The number of imide groups is 1. The van der Waals surface area contributed by atoms with Gasteiger partial charge in [-0.15, -0.1) is 0 Å². The molecule has 4 atom stereocenters. The Morgan fingerprint density at radius 2 is 1.72 bits per heavy atom. The molecule has 98 valence electrons. The number of rotatable bonds is 2. The zero-order chi connectivity index (χ0) is 12.9. The van der Waals surface area contributed by atoms with Gasteiger partial charge in [0.05, 0.1) is 12.0 Å². The smallest absolute Gasteiger partial charge is 0.308 e. The average molecular weight is 253 g/mol. The molecule has 0 radical (unpaired) electrons. The second-order valence-electron chi connectivity index (χ2n) is 5.18. The second-order valence-corrected chi connectivity index (χ2v) is 5.18. The standard InChI is InChI=1S/C12H15NO5/c14-10-8-4-5-9(18-8)11(15)13(10)7-3-1-2-6(7)12(16)17/h6-9H,1-5H2,(H,16,17).